The van der Waals surface area contributed by atoms with Gasteiger partial charge < -0.3 is 4.74 Å². The molecule has 1 unspecified atom stereocenters. The number of fused-ring (bicyclic) bond motifs is 1. The number of carbonyl (C=O) groups is 2. The number of aliphatic imine (C=N–C) groups is 1. The highest BCUT2D eigenvalue weighted by molar-refractivity contribution is 8.14. The number of esters is 1. The fraction of sp³-hybridized carbons (Fsp3) is 0.227. The number of amidine groups is 1. The molecule has 4 rings (SSSR count). The summed E-state index contributed by atoms with van der Waals surface area (Å²) in [6.45, 7) is 1.87. The van der Waals surface area contributed by atoms with Gasteiger partial charge in [0.2, 0.25) is 5.91 Å². The summed E-state index contributed by atoms with van der Waals surface area (Å²) in [4.78, 5) is 32.1. The number of halogens is 2. The second kappa shape index (κ2) is 8.84. The molecule has 5 nitrogen and oxygen atoms in total. The SMILES string of the molecule is CC1=C(C(=O)OCc2ccccc2)C(c2ccc(Cl)cc2Cl)N2C(=O)CCSC2=N1. The van der Waals surface area contributed by atoms with E-state index in [1.807, 2.05) is 30.3 Å². The van der Waals surface area contributed by atoms with Gasteiger partial charge in [0.25, 0.3) is 0 Å². The molecule has 154 valence electrons. The summed E-state index contributed by atoms with van der Waals surface area (Å²) < 4.78 is 5.59. The molecule has 2 aliphatic heterocycles. The van der Waals surface area contributed by atoms with Gasteiger partial charge in [-0.2, -0.15) is 0 Å². The summed E-state index contributed by atoms with van der Waals surface area (Å²) in [5.41, 5.74) is 2.29. The Labute approximate surface area is 188 Å². The molecule has 0 bridgehead atoms. The van der Waals surface area contributed by atoms with Gasteiger partial charge in [-0.3, -0.25) is 9.69 Å². The molecular weight excluding hydrogens is 443 g/mol. The first-order chi connectivity index (χ1) is 14.5. The van der Waals surface area contributed by atoms with Crippen molar-refractivity contribution in [3.8, 4) is 0 Å². The number of rotatable bonds is 4. The minimum absolute atomic E-state index is 0.107. The van der Waals surface area contributed by atoms with Crippen molar-refractivity contribution in [2.75, 3.05) is 5.75 Å². The zero-order valence-corrected chi connectivity index (χ0v) is 18.4. The van der Waals surface area contributed by atoms with Crippen LogP contribution in [-0.2, 0) is 20.9 Å². The zero-order chi connectivity index (χ0) is 21.3. The van der Waals surface area contributed by atoms with Crippen molar-refractivity contribution >= 4 is 52.0 Å². The number of nitrogens with zero attached hydrogens (tertiary/aromatic N) is 2. The number of carbonyl (C=O) groups excluding carboxylic acids is 2. The van der Waals surface area contributed by atoms with Crippen LogP contribution in [0.25, 0.3) is 0 Å². The average molecular weight is 461 g/mol. The fourth-order valence-electron chi connectivity index (χ4n) is 3.48. The van der Waals surface area contributed by atoms with Crippen molar-refractivity contribution in [3.63, 3.8) is 0 Å². The van der Waals surface area contributed by atoms with E-state index in [9.17, 15) is 9.59 Å². The van der Waals surface area contributed by atoms with E-state index < -0.39 is 12.0 Å². The Balaban J connectivity index is 1.75. The fourth-order valence-corrected chi connectivity index (χ4v) is 4.99. The predicted octanol–water partition coefficient (Wildman–Crippen LogP) is 5.39. The van der Waals surface area contributed by atoms with Crippen LogP contribution >= 0.6 is 35.0 Å². The third-order valence-electron chi connectivity index (χ3n) is 4.90. The maximum atomic E-state index is 13.2. The summed E-state index contributed by atoms with van der Waals surface area (Å²) in [5, 5.41) is 1.42. The van der Waals surface area contributed by atoms with Gasteiger partial charge in [-0.15, -0.1) is 0 Å². The largest absolute Gasteiger partial charge is 0.457 e. The molecule has 0 saturated carbocycles. The van der Waals surface area contributed by atoms with Gasteiger partial charge in [0, 0.05) is 22.2 Å². The number of amides is 1. The molecule has 1 saturated heterocycles. The maximum absolute atomic E-state index is 13.2. The van der Waals surface area contributed by atoms with E-state index in [4.69, 9.17) is 27.9 Å². The van der Waals surface area contributed by atoms with Gasteiger partial charge in [0.05, 0.1) is 17.3 Å². The third kappa shape index (κ3) is 4.13. The number of benzene rings is 2. The number of thioether (sulfide) groups is 1. The van der Waals surface area contributed by atoms with E-state index in [0.717, 1.165) is 5.56 Å². The van der Waals surface area contributed by atoms with E-state index in [1.54, 1.807) is 30.0 Å². The minimum Gasteiger partial charge on any atom is -0.457 e. The number of ether oxygens (including phenoxy) is 1. The predicted molar refractivity (Wildman–Crippen MR) is 119 cm³/mol. The summed E-state index contributed by atoms with van der Waals surface area (Å²) in [5.74, 6) is 0.0129. The Morgan fingerprint density at radius 1 is 1.23 bits per heavy atom. The van der Waals surface area contributed by atoms with E-state index >= 15 is 0 Å². The minimum atomic E-state index is -0.717. The first kappa shape index (κ1) is 21.0. The summed E-state index contributed by atoms with van der Waals surface area (Å²) >= 11 is 14.0. The van der Waals surface area contributed by atoms with Crippen molar-refractivity contribution in [1.82, 2.24) is 4.90 Å². The Bertz CT molecular complexity index is 1070. The number of hydrogen-bond donors (Lipinski definition) is 0. The maximum Gasteiger partial charge on any atom is 0.338 e. The Morgan fingerprint density at radius 2 is 2.00 bits per heavy atom. The van der Waals surface area contributed by atoms with Crippen LogP contribution in [0.1, 0.15) is 30.5 Å². The molecular formula is C22H18Cl2N2O3S. The Kier molecular flexibility index (Phi) is 6.18. The third-order valence-corrected chi connectivity index (χ3v) is 6.41. The standard InChI is InChI=1S/C22H18Cl2N2O3S/c1-13-19(21(28)29-12-14-5-3-2-4-6-14)20(16-8-7-15(23)11-17(16)24)26-18(27)9-10-30-22(26)25-13/h2-8,11,20H,9-10,12H2,1H3. The van der Waals surface area contributed by atoms with Crippen LogP contribution in [0.3, 0.4) is 0 Å². The second-order valence-electron chi connectivity index (χ2n) is 6.89. The first-order valence-electron chi connectivity index (χ1n) is 9.36. The molecule has 0 radical (unpaired) electrons. The van der Waals surface area contributed by atoms with E-state index in [-0.39, 0.29) is 12.5 Å². The van der Waals surface area contributed by atoms with Gasteiger partial charge in [-0.1, -0.05) is 71.4 Å². The van der Waals surface area contributed by atoms with Gasteiger partial charge >= 0.3 is 5.97 Å². The summed E-state index contributed by atoms with van der Waals surface area (Å²) in [6.07, 6.45) is 0.358. The average Bonchev–Trinajstić information content (AvgIpc) is 2.72. The van der Waals surface area contributed by atoms with Crippen molar-refractivity contribution in [3.05, 3.63) is 81.0 Å². The van der Waals surface area contributed by atoms with Crippen molar-refractivity contribution in [2.45, 2.75) is 26.0 Å². The molecule has 0 N–H and O–H groups in total. The molecule has 2 aromatic carbocycles. The van der Waals surface area contributed by atoms with E-state index in [0.29, 0.717) is 44.2 Å². The normalized spacial score (nSPS) is 18.8. The second-order valence-corrected chi connectivity index (χ2v) is 8.79. The van der Waals surface area contributed by atoms with Crippen LogP contribution < -0.4 is 0 Å². The highest BCUT2D eigenvalue weighted by atomic mass is 35.5. The summed E-state index contributed by atoms with van der Waals surface area (Å²) in [7, 11) is 0. The van der Waals surface area contributed by atoms with Gasteiger partial charge in [-0.25, -0.2) is 9.79 Å². The molecule has 1 amide bonds. The van der Waals surface area contributed by atoms with Crippen LogP contribution in [0, 0.1) is 0 Å². The summed E-state index contributed by atoms with van der Waals surface area (Å²) in [6, 6.07) is 13.7. The van der Waals surface area contributed by atoms with E-state index in [1.165, 1.54) is 11.8 Å². The molecule has 1 fully saturated rings. The molecule has 8 heteroatoms. The van der Waals surface area contributed by atoms with E-state index in [2.05, 4.69) is 4.99 Å². The molecule has 2 aliphatic rings. The van der Waals surface area contributed by atoms with Crippen molar-refractivity contribution in [1.29, 1.82) is 0 Å². The van der Waals surface area contributed by atoms with Crippen molar-refractivity contribution in [2.24, 2.45) is 4.99 Å². The number of hydrogen-bond acceptors (Lipinski definition) is 5. The number of allylic oxidation sites excluding steroid dienone is 1. The quantitative estimate of drug-likeness (QED) is 0.574. The van der Waals surface area contributed by atoms with Gasteiger partial charge in [-0.05, 0) is 30.2 Å². The highest BCUT2D eigenvalue weighted by Gasteiger charge is 2.42. The smallest absolute Gasteiger partial charge is 0.338 e. The van der Waals surface area contributed by atoms with Gasteiger partial charge in [0.1, 0.15) is 6.61 Å². The first-order valence-corrected chi connectivity index (χ1v) is 11.1. The van der Waals surface area contributed by atoms with Crippen molar-refractivity contribution < 1.29 is 14.3 Å². The molecule has 0 aliphatic carbocycles. The molecule has 0 spiro atoms. The van der Waals surface area contributed by atoms with Crippen LogP contribution in [0.15, 0.2) is 64.8 Å². The molecule has 1 atom stereocenters. The lowest BCUT2D eigenvalue weighted by Gasteiger charge is -2.39. The van der Waals surface area contributed by atoms with Crippen LogP contribution in [0.4, 0.5) is 0 Å². The molecule has 2 aromatic rings. The molecule has 0 aromatic heterocycles. The van der Waals surface area contributed by atoms with Gasteiger partial charge in [0.15, 0.2) is 5.17 Å². The lowest BCUT2D eigenvalue weighted by atomic mass is 9.94. The highest BCUT2D eigenvalue weighted by Crippen LogP contribution is 2.43. The monoisotopic (exact) mass is 460 g/mol. The van der Waals surface area contributed by atoms with Crippen LogP contribution in [0.5, 0.6) is 0 Å². The van der Waals surface area contributed by atoms with Crippen LogP contribution in [0.2, 0.25) is 10.0 Å². The molecule has 30 heavy (non-hydrogen) atoms. The lowest BCUT2D eigenvalue weighted by Crippen LogP contribution is -2.46. The zero-order valence-electron chi connectivity index (χ0n) is 16.1. The lowest BCUT2D eigenvalue weighted by molar-refractivity contribution is -0.141. The topological polar surface area (TPSA) is 59.0 Å². The van der Waals surface area contributed by atoms with Crippen LogP contribution in [-0.4, -0.2) is 27.7 Å². The Morgan fingerprint density at radius 3 is 2.73 bits per heavy atom. The Hall–Kier alpha value is -2.28. The molecule has 2 heterocycles.